The summed E-state index contributed by atoms with van der Waals surface area (Å²) in [7, 11) is -1.08. The Labute approximate surface area is 177 Å². The molecule has 2 amide bonds. The Morgan fingerprint density at radius 3 is 2.47 bits per heavy atom. The van der Waals surface area contributed by atoms with E-state index in [1.807, 2.05) is 0 Å². The molecular formula is C18H18ClN3O7S. The monoisotopic (exact) mass is 455 g/mol. The number of non-ortho nitro benzene ring substituents is 1. The van der Waals surface area contributed by atoms with E-state index >= 15 is 0 Å². The van der Waals surface area contributed by atoms with E-state index in [0.29, 0.717) is 16.5 Å². The van der Waals surface area contributed by atoms with Gasteiger partial charge in [-0.05, 0) is 24.3 Å². The molecule has 0 atom stereocenters. The molecule has 0 aromatic heterocycles. The minimum atomic E-state index is -3.80. The smallest absolute Gasteiger partial charge is 0.271 e. The molecule has 0 fully saturated rings. The second-order valence-corrected chi connectivity index (χ2v) is 8.75. The first-order chi connectivity index (χ1) is 13.9. The van der Waals surface area contributed by atoms with Crippen molar-refractivity contribution in [1.82, 2.24) is 4.90 Å². The maximum absolute atomic E-state index is 12.6. The molecule has 2 rings (SSSR count). The molecule has 0 aliphatic rings. The Kier molecular flexibility index (Phi) is 7.00. The Bertz CT molecular complexity index is 1120. The highest BCUT2D eigenvalue weighted by atomic mass is 35.5. The quantitative estimate of drug-likeness (QED) is 0.499. The molecular weight excluding hydrogens is 438 g/mol. The minimum absolute atomic E-state index is 0.236. The summed E-state index contributed by atoms with van der Waals surface area (Å²) in [6, 6.07) is 7.45. The average Bonchev–Trinajstić information content (AvgIpc) is 2.66. The number of benzene rings is 2. The van der Waals surface area contributed by atoms with Crippen molar-refractivity contribution in [1.29, 1.82) is 0 Å². The van der Waals surface area contributed by atoms with Crippen LogP contribution in [0.2, 0.25) is 5.02 Å². The summed E-state index contributed by atoms with van der Waals surface area (Å²) in [4.78, 5) is 35.9. The molecule has 0 spiro atoms. The average molecular weight is 456 g/mol. The molecule has 2 aromatic carbocycles. The second-order valence-electron chi connectivity index (χ2n) is 6.30. The van der Waals surface area contributed by atoms with Crippen molar-refractivity contribution in [3.63, 3.8) is 0 Å². The lowest BCUT2D eigenvalue weighted by molar-refractivity contribution is -0.385. The highest BCUT2D eigenvalue weighted by Crippen LogP contribution is 2.27. The largest absolute Gasteiger partial charge is 0.495 e. The Morgan fingerprint density at radius 2 is 1.90 bits per heavy atom. The summed E-state index contributed by atoms with van der Waals surface area (Å²) in [6.45, 7) is -0.411. The lowest BCUT2D eigenvalue weighted by Gasteiger charge is -2.18. The van der Waals surface area contributed by atoms with Crippen molar-refractivity contribution in [2.24, 2.45) is 0 Å². The number of carbonyl (C=O) groups is 2. The van der Waals surface area contributed by atoms with E-state index in [1.165, 1.54) is 20.2 Å². The summed E-state index contributed by atoms with van der Waals surface area (Å²) in [5.41, 5.74) is -0.492. The van der Waals surface area contributed by atoms with E-state index in [1.54, 1.807) is 12.1 Å². The van der Waals surface area contributed by atoms with Crippen LogP contribution in [0.1, 0.15) is 10.4 Å². The van der Waals surface area contributed by atoms with Crippen LogP contribution in [0.5, 0.6) is 5.75 Å². The first-order valence-electron chi connectivity index (χ1n) is 8.30. The zero-order chi connectivity index (χ0) is 22.6. The normalized spacial score (nSPS) is 10.9. The molecule has 0 aliphatic heterocycles. The molecule has 0 heterocycles. The summed E-state index contributed by atoms with van der Waals surface area (Å²) in [5.74, 6) is -0.991. The van der Waals surface area contributed by atoms with Crippen LogP contribution in [0.3, 0.4) is 0 Å². The van der Waals surface area contributed by atoms with Crippen molar-refractivity contribution >= 4 is 44.6 Å². The van der Waals surface area contributed by atoms with Gasteiger partial charge in [-0.3, -0.25) is 19.7 Å². The molecule has 30 heavy (non-hydrogen) atoms. The molecule has 160 valence electrons. The van der Waals surface area contributed by atoms with Gasteiger partial charge in [-0.25, -0.2) is 8.42 Å². The molecule has 0 aliphatic carbocycles. The van der Waals surface area contributed by atoms with Crippen LogP contribution >= 0.6 is 11.6 Å². The van der Waals surface area contributed by atoms with Crippen LogP contribution < -0.4 is 10.1 Å². The highest BCUT2D eigenvalue weighted by molar-refractivity contribution is 7.90. The zero-order valence-corrected chi connectivity index (χ0v) is 17.8. The van der Waals surface area contributed by atoms with Crippen molar-refractivity contribution < 1.29 is 27.7 Å². The predicted molar refractivity (Wildman–Crippen MR) is 110 cm³/mol. The summed E-state index contributed by atoms with van der Waals surface area (Å²) in [5, 5.41) is 14.0. The van der Waals surface area contributed by atoms with E-state index in [9.17, 15) is 28.1 Å². The van der Waals surface area contributed by atoms with Gasteiger partial charge in [0.05, 0.1) is 29.2 Å². The van der Waals surface area contributed by atoms with Crippen LogP contribution in [-0.4, -0.2) is 57.0 Å². The number of carbonyl (C=O) groups excluding carboxylic acids is 2. The van der Waals surface area contributed by atoms with Gasteiger partial charge in [-0.1, -0.05) is 11.6 Å². The van der Waals surface area contributed by atoms with Crippen LogP contribution in [-0.2, 0) is 14.6 Å². The number of anilines is 1. The third kappa shape index (κ3) is 5.67. The minimum Gasteiger partial charge on any atom is -0.495 e. The number of nitro groups is 1. The molecule has 12 heteroatoms. The fourth-order valence-corrected chi connectivity index (χ4v) is 3.35. The predicted octanol–water partition coefficient (Wildman–Crippen LogP) is 2.37. The zero-order valence-electron chi connectivity index (χ0n) is 16.2. The van der Waals surface area contributed by atoms with Crippen molar-refractivity contribution in [2.45, 2.75) is 4.90 Å². The van der Waals surface area contributed by atoms with Crippen molar-refractivity contribution in [3.8, 4) is 5.75 Å². The van der Waals surface area contributed by atoms with Gasteiger partial charge in [-0.15, -0.1) is 0 Å². The number of rotatable bonds is 7. The van der Waals surface area contributed by atoms with Gasteiger partial charge < -0.3 is 15.0 Å². The van der Waals surface area contributed by atoms with Gasteiger partial charge >= 0.3 is 0 Å². The van der Waals surface area contributed by atoms with E-state index in [0.717, 1.165) is 29.4 Å². The maximum Gasteiger partial charge on any atom is 0.271 e. The molecule has 1 N–H and O–H groups in total. The lowest BCUT2D eigenvalue weighted by Crippen LogP contribution is -2.35. The number of sulfone groups is 1. The van der Waals surface area contributed by atoms with Gasteiger partial charge in [0.25, 0.3) is 11.6 Å². The number of nitrogens with zero attached hydrogens (tertiary/aromatic N) is 2. The maximum atomic E-state index is 12.6. The van der Waals surface area contributed by atoms with Gasteiger partial charge in [0, 0.05) is 36.0 Å². The van der Waals surface area contributed by atoms with Gasteiger partial charge in [0.15, 0.2) is 9.84 Å². The van der Waals surface area contributed by atoms with Gasteiger partial charge in [-0.2, -0.15) is 0 Å². The van der Waals surface area contributed by atoms with Gasteiger partial charge in [0.2, 0.25) is 5.91 Å². The Morgan fingerprint density at radius 1 is 1.23 bits per heavy atom. The molecule has 0 saturated heterocycles. The standard InChI is InChI=1S/C18H18ClN3O7S/c1-21(10-17(23)20-15-8-12(19)4-5-16(15)29-2)18(24)11-6-13(22(25)26)9-14(7-11)30(3,27)28/h4-9H,10H2,1-3H3,(H,20,23). The molecule has 0 bridgehead atoms. The van der Waals surface area contributed by atoms with Crippen LogP contribution in [0.15, 0.2) is 41.3 Å². The number of hydrogen-bond donors (Lipinski definition) is 1. The van der Waals surface area contributed by atoms with Gasteiger partial charge in [0.1, 0.15) is 5.75 Å². The number of hydrogen-bond acceptors (Lipinski definition) is 7. The fraction of sp³-hybridized carbons (Fsp3) is 0.222. The highest BCUT2D eigenvalue weighted by Gasteiger charge is 2.22. The summed E-state index contributed by atoms with van der Waals surface area (Å²) in [6.07, 6.45) is 0.871. The number of nitrogens with one attached hydrogen (secondary N) is 1. The summed E-state index contributed by atoms with van der Waals surface area (Å²) < 4.78 is 28.7. The molecule has 0 radical (unpaired) electrons. The van der Waals surface area contributed by atoms with Crippen LogP contribution in [0.25, 0.3) is 0 Å². The van der Waals surface area contributed by atoms with E-state index in [4.69, 9.17) is 16.3 Å². The number of methoxy groups -OCH3 is 1. The third-order valence-electron chi connectivity index (χ3n) is 3.94. The number of ether oxygens (including phenoxy) is 1. The summed E-state index contributed by atoms with van der Waals surface area (Å²) >= 11 is 5.91. The van der Waals surface area contributed by atoms with Crippen LogP contribution in [0, 0.1) is 10.1 Å². The van der Waals surface area contributed by atoms with E-state index in [-0.39, 0.29) is 10.5 Å². The molecule has 0 saturated carbocycles. The van der Waals surface area contributed by atoms with E-state index in [2.05, 4.69) is 5.32 Å². The molecule has 0 unspecified atom stereocenters. The third-order valence-corrected chi connectivity index (χ3v) is 5.27. The first-order valence-corrected chi connectivity index (χ1v) is 10.6. The first kappa shape index (κ1) is 23.1. The molecule has 10 nitrogen and oxygen atoms in total. The fourth-order valence-electron chi connectivity index (χ4n) is 2.50. The number of likely N-dealkylation sites (N-methyl/N-ethyl adjacent to an activating group) is 1. The number of amides is 2. The topological polar surface area (TPSA) is 136 Å². The second kappa shape index (κ2) is 9.09. The number of nitro benzene ring substituents is 1. The van der Waals surface area contributed by atoms with Crippen molar-refractivity contribution in [3.05, 3.63) is 57.1 Å². The lowest BCUT2D eigenvalue weighted by atomic mass is 10.1. The van der Waals surface area contributed by atoms with Crippen molar-refractivity contribution in [2.75, 3.05) is 32.3 Å². The van der Waals surface area contributed by atoms with Crippen LogP contribution in [0.4, 0.5) is 11.4 Å². The van der Waals surface area contributed by atoms with E-state index < -0.39 is 38.8 Å². The Hall–Kier alpha value is -3.18. The Balaban J connectivity index is 2.23. The SMILES string of the molecule is COc1ccc(Cl)cc1NC(=O)CN(C)C(=O)c1cc([N+](=O)[O-])cc(S(C)(=O)=O)c1. The molecule has 2 aromatic rings. The number of halogens is 1.